The van der Waals surface area contributed by atoms with Crippen LogP contribution in [0.3, 0.4) is 0 Å². The molecule has 0 aromatic rings. The van der Waals surface area contributed by atoms with Gasteiger partial charge < -0.3 is 41.1 Å². The smallest absolute Gasteiger partial charge is 0.335 e. The number of nitrogens with zero attached hydrogens (tertiary/aromatic N) is 3. The van der Waals surface area contributed by atoms with Gasteiger partial charge in [-0.25, -0.2) is 24.8 Å². The number of hydroxylamine groups is 6. The highest BCUT2D eigenvalue weighted by Crippen LogP contribution is 2.24. The fraction of sp³-hybridized carbons (Fsp3) is 0.788. The van der Waals surface area contributed by atoms with Crippen molar-refractivity contribution in [3.8, 4) is 0 Å². The van der Waals surface area contributed by atoms with Crippen LogP contribution in [0, 0.1) is 0 Å². The summed E-state index contributed by atoms with van der Waals surface area (Å²) in [5.74, 6) is -4.86. The van der Waals surface area contributed by atoms with Crippen LogP contribution in [-0.4, -0.2) is 157 Å². The van der Waals surface area contributed by atoms with Crippen molar-refractivity contribution in [1.29, 1.82) is 0 Å². The topological polar surface area (TPSA) is 305 Å². The molecular weight excluding hydrogens is 720 g/mol. The minimum Gasteiger partial charge on any atom is -0.479 e. The molecule has 21 heteroatoms. The van der Waals surface area contributed by atoms with Crippen molar-refractivity contribution in [2.45, 2.75) is 127 Å². The van der Waals surface area contributed by atoms with Crippen molar-refractivity contribution >= 4 is 41.4 Å². The second-order valence-electron chi connectivity index (χ2n) is 13.1. The number of aliphatic hydroxyl groups excluding tert-OH is 3. The summed E-state index contributed by atoms with van der Waals surface area (Å²) in [5.41, 5.74) is 0. The average Bonchev–Trinajstić information content (AvgIpc) is 3.14. The first kappa shape index (κ1) is 46.2. The monoisotopic (exact) mass is 776 g/mol. The Morgan fingerprint density at radius 3 is 1.39 bits per heavy atom. The van der Waals surface area contributed by atoms with Gasteiger partial charge in [0.15, 0.2) is 6.10 Å². The number of aliphatic carboxylic acids is 1. The summed E-state index contributed by atoms with van der Waals surface area (Å²) < 4.78 is 5.14. The first-order chi connectivity index (χ1) is 25.7. The molecule has 0 aliphatic carbocycles. The van der Waals surface area contributed by atoms with Crippen molar-refractivity contribution in [1.82, 2.24) is 31.1 Å². The zero-order chi connectivity index (χ0) is 40.0. The lowest BCUT2D eigenvalue weighted by atomic mass is 9.99. The second kappa shape index (κ2) is 25.2. The molecule has 2 heterocycles. The Labute approximate surface area is 312 Å². The highest BCUT2D eigenvalue weighted by molar-refractivity contribution is 5.84. The molecule has 0 spiro atoms. The molecule has 21 nitrogen and oxygen atoms in total. The standard InChI is InChI=1S/C33H56N6O15/c40-22-10-13-25(43)38(52)20-8-2-5-17-36-24(42)12-15-27(45)39(54-33-30(48)28(46)29(47)31(53-33)32(49)50)21-9-3-6-18-35-23(41)11-14-26(44)37(51)19-7-1-4-16-34-22/h28-31,33,46-48,51-52H,1-21H2,(H,34,40)(H,35,41)(H,36,42)(H,49,50)/t28-,29-,30+,31-,33-/m0/s1. The Kier molecular flexibility index (Phi) is 21.5. The molecule has 5 atom stereocenters. The fourth-order valence-electron chi connectivity index (χ4n) is 5.43. The van der Waals surface area contributed by atoms with Gasteiger partial charge in [0.1, 0.15) is 18.3 Å². The molecular formula is C33H56N6O15. The number of rotatable bonds is 3. The van der Waals surface area contributed by atoms with E-state index in [0.29, 0.717) is 68.0 Å². The first-order valence-corrected chi connectivity index (χ1v) is 18.4. The lowest BCUT2D eigenvalue weighted by molar-refractivity contribution is -0.347. The number of aliphatic hydroxyl groups is 3. The molecule has 2 aliphatic heterocycles. The summed E-state index contributed by atoms with van der Waals surface area (Å²) in [6.07, 6.45) is -6.79. The van der Waals surface area contributed by atoms with Crippen LogP contribution in [0.15, 0.2) is 0 Å². The lowest BCUT2D eigenvalue weighted by Crippen LogP contribution is -2.61. The van der Waals surface area contributed by atoms with Gasteiger partial charge in [0, 0.05) is 77.8 Å². The van der Waals surface area contributed by atoms with Crippen LogP contribution < -0.4 is 16.0 Å². The molecule has 0 saturated carbocycles. The number of carboxylic acid groups (broad SMARTS) is 1. The van der Waals surface area contributed by atoms with Crippen LogP contribution in [-0.2, 0) is 43.1 Å². The van der Waals surface area contributed by atoms with Gasteiger partial charge in [-0.05, 0) is 57.8 Å². The summed E-state index contributed by atoms with van der Waals surface area (Å²) in [6.45, 7) is 0.759. The van der Waals surface area contributed by atoms with Crippen LogP contribution in [0.1, 0.15) is 96.3 Å². The summed E-state index contributed by atoms with van der Waals surface area (Å²) in [5, 5.41) is 69.8. The van der Waals surface area contributed by atoms with E-state index in [9.17, 15) is 64.4 Å². The highest BCUT2D eigenvalue weighted by Gasteiger charge is 2.48. The second-order valence-corrected chi connectivity index (χ2v) is 13.1. The van der Waals surface area contributed by atoms with E-state index in [2.05, 4.69) is 16.0 Å². The largest absolute Gasteiger partial charge is 0.479 e. The minimum atomic E-state index is -1.98. The number of hydrogen-bond donors (Lipinski definition) is 9. The number of carbonyl (C=O) groups is 7. The molecule has 2 rings (SSSR count). The van der Waals surface area contributed by atoms with Gasteiger partial charge in [-0.3, -0.25) is 39.2 Å². The summed E-state index contributed by atoms with van der Waals surface area (Å²) >= 11 is 0. The molecule has 6 amide bonds. The van der Waals surface area contributed by atoms with Gasteiger partial charge in [0.2, 0.25) is 41.7 Å². The molecule has 0 aromatic carbocycles. The Morgan fingerprint density at radius 2 is 0.963 bits per heavy atom. The first-order valence-electron chi connectivity index (χ1n) is 18.4. The zero-order valence-corrected chi connectivity index (χ0v) is 30.4. The lowest BCUT2D eigenvalue weighted by Gasteiger charge is -2.39. The zero-order valence-electron chi connectivity index (χ0n) is 30.4. The van der Waals surface area contributed by atoms with E-state index in [1.807, 2.05) is 0 Å². The van der Waals surface area contributed by atoms with Crippen LogP contribution in [0.5, 0.6) is 0 Å². The van der Waals surface area contributed by atoms with Crippen LogP contribution in [0.25, 0.3) is 0 Å². The number of nitrogens with one attached hydrogen (secondary N) is 3. The number of hydrogen-bond acceptors (Lipinski definition) is 14. The Balaban J connectivity index is 1.99. The van der Waals surface area contributed by atoms with E-state index < -0.39 is 66.2 Å². The van der Waals surface area contributed by atoms with E-state index in [0.717, 1.165) is 5.06 Å². The van der Waals surface area contributed by atoms with Crippen molar-refractivity contribution in [2.75, 3.05) is 39.3 Å². The van der Waals surface area contributed by atoms with Crippen molar-refractivity contribution in [3.05, 3.63) is 0 Å². The molecule has 0 unspecified atom stereocenters. The van der Waals surface area contributed by atoms with Crippen molar-refractivity contribution in [2.24, 2.45) is 0 Å². The SMILES string of the molecule is O=C1CCC(=O)N(O)CCCCCNC(=O)CCC(=O)N(O)CCCCCNC(=O)CCC(=O)N(O[C@@H]2O[C@H](C(=O)O)[C@@H](O)[C@H](O)[C@H]2O)CCCCCN1. The third kappa shape index (κ3) is 17.4. The quantitative estimate of drug-likeness (QED) is 0.144. The Bertz CT molecular complexity index is 1240. The van der Waals surface area contributed by atoms with Crippen LogP contribution >= 0.6 is 0 Å². The molecule has 0 aromatic heterocycles. The third-order valence-corrected chi connectivity index (χ3v) is 8.69. The molecule has 2 aliphatic rings. The van der Waals surface area contributed by atoms with E-state index in [1.54, 1.807) is 0 Å². The number of carbonyl (C=O) groups excluding carboxylic acids is 6. The summed E-state index contributed by atoms with van der Waals surface area (Å²) in [7, 11) is 0. The van der Waals surface area contributed by atoms with Crippen LogP contribution in [0.2, 0.25) is 0 Å². The van der Waals surface area contributed by atoms with E-state index in [4.69, 9.17) is 9.57 Å². The number of ether oxygens (including phenoxy) is 1. The molecule has 308 valence electrons. The average molecular weight is 777 g/mol. The third-order valence-electron chi connectivity index (χ3n) is 8.69. The van der Waals surface area contributed by atoms with Gasteiger partial charge >= 0.3 is 5.97 Å². The maximum atomic E-state index is 13.1. The summed E-state index contributed by atoms with van der Waals surface area (Å²) in [6, 6.07) is 0. The molecule has 54 heavy (non-hydrogen) atoms. The summed E-state index contributed by atoms with van der Waals surface area (Å²) in [4.78, 5) is 91.3. The molecule has 9 N–H and O–H groups in total. The van der Waals surface area contributed by atoms with Gasteiger partial charge in [0.25, 0.3) is 0 Å². The predicted molar refractivity (Wildman–Crippen MR) is 182 cm³/mol. The fourth-order valence-corrected chi connectivity index (χ4v) is 5.43. The van der Waals surface area contributed by atoms with Gasteiger partial charge in [-0.1, -0.05) is 0 Å². The van der Waals surface area contributed by atoms with E-state index in [-0.39, 0.29) is 83.6 Å². The number of carboxylic acids is 1. The van der Waals surface area contributed by atoms with Crippen molar-refractivity contribution < 1.29 is 74.0 Å². The predicted octanol–water partition coefficient (Wildman–Crippen LogP) is -1.71. The van der Waals surface area contributed by atoms with E-state index in [1.165, 1.54) is 0 Å². The van der Waals surface area contributed by atoms with Gasteiger partial charge in [-0.15, -0.1) is 0 Å². The van der Waals surface area contributed by atoms with E-state index >= 15 is 0 Å². The maximum Gasteiger partial charge on any atom is 0.335 e. The molecule has 0 bridgehead atoms. The molecule has 2 saturated heterocycles. The maximum absolute atomic E-state index is 13.1. The Morgan fingerprint density at radius 1 is 0.556 bits per heavy atom. The molecule has 0 radical (unpaired) electrons. The van der Waals surface area contributed by atoms with Gasteiger partial charge in [0.05, 0.1) is 0 Å². The van der Waals surface area contributed by atoms with Gasteiger partial charge in [-0.2, -0.15) is 0 Å². The number of amides is 6. The highest BCUT2D eigenvalue weighted by atomic mass is 16.8. The normalized spacial score (nSPS) is 27.8. The Hall–Kier alpha value is -3.99. The van der Waals surface area contributed by atoms with Crippen LogP contribution in [0.4, 0.5) is 0 Å². The minimum absolute atomic E-state index is 0.0263. The van der Waals surface area contributed by atoms with Crippen molar-refractivity contribution in [3.63, 3.8) is 0 Å². The molecule has 2 fully saturated rings.